The van der Waals surface area contributed by atoms with E-state index in [0.717, 1.165) is 12.8 Å². The maximum absolute atomic E-state index is 12.4. The number of pyridine rings is 1. The second-order valence-electron chi connectivity index (χ2n) is 5.72. The maximum atomic E-state index is 12.4. The van der Waals surface area contributed by atoms with Crippen LogP contribution in [0.2, 0.25) is 0 Å². The summed E-state index contributed by atoms with van der Waals surface area (Å²) in [7, 11) is 0. The zero-order chi connectivity index (χ0) is 14.6. The summed E-state index contributed by atoms with van der Waals surface area (Å²) in [6.45, 7) is 1.90. The topological polar surface area (TPSA) is 62.2 Å². The van der Waals surface area contributed by atoms with Crippen LogP contribution in [0.25, 0.3) is 0 Å². The van der Waals surface area contributed by atoms with Crippen LogP contribution in [0.4, 0.5) is 0 Å². The van der Waals surface area contributed by atoms with Gasteiger partial charge in [-0.05, 0) is 47.7 Å². The number of carbonyl (C=O) groups is 1. The van der Waals surface area contributed by atoms with E-state index in [1.807, 2.05) is 6.92 Å². The van der Waals surface area contributed by atoms with Gasteiger partial charge in [0.25, 0.3) is 5.91 Å². The molecule has 20 heavy (non-hydrogen) atoms. The predicted octanol–water partition coefficient (Wildman–Crippen LogP) is 2.91. The summed E-state index contributed by atoms with van der Waals surface area (Å²) >= 11 is 3.34. The van der Waals surface area contributed by atoms with Crippen molar-refractivity contribution in [2.24, 2.45) is 5.92 Å². The fraction of sp³-hybridized carbons (Fsp3) is 0.600. The minimum Gasteiger partial charge on any atom is -0.394 e. The standard InChI is InChI=1S/C15H21BrN2O2/c1-15(10-19,11-5-3-2-4-6-11)18-14(20)12-7-8-17-9-13(12)16/h7-9,11,19H,2-6,10H2,1H3,(H,18,20)/t15-/m0/s1. The number of hydrogen-bond donors (Lipinski definition) is 2. The number of carbonyl (C=O) groups excluding carboxylic acids is 1. The van der Waals surface area contributed by atoms with Crippen molar-refractivity contribution in [1.82, 2.24) is 10.3 Å². The molecule has 0 bridgehead atoms. The molecule has 1 saturated carbocycles. The van der Waals surface area contributed by atoms with Crippen molar-refractivity contribution in [2.45, 2.75) is 44.6 Å². The van der Waals surface area contributed by atoms with Crippen LogP contribution < -0.4 is 5.32 Å². The number of aliphatic hydroxyl groups excluding tert-OH is 1. The SMILES string of the molecule is C[C@@](CO)(NC(=O)c1ccncc1Br)C1CCCCC1. The van der Waals surface area contributed by atoms with Gasteiger partial charge < -0.3 is 10.4 Å². The van der Waals surface area contributed by atoms with Crippen LogP contribution in [0, 0.1) is 5.92 Å². The lowest BCUT2D eigenvalue weighted by Crippen LogP contribution is -2.54. The Morgan fingerprint density at radius 2 is 2.20 bits per heavy atom. The zero-order valence-electron chi connectivity index (χ0n) is 11.7. The van der Waals surface area contributed by atoms with Crippen LogP contribution in [0.3, 0.4) is 0 Å². The maximum Gasteiger partial charge on any atom is 0.253 e. The van der Waals surface area contributed by atoms with Crippen LogP contribution in [0.15, 0.2) is 22.9 Å². The normalized spacial score (nSPS) is 19.4. The lowest BCUT2D eigenvalue weighted by Gasteiger charge is -2.39. The Morgan fingerprint density at radius 1 is 1.50 bits per heavy atom. The highest BCUT2D eigenvalue weighted by Crippen LogP contribution is 2.32. The highest BCUT2D eigenvalue weighted by molar-refractivity contribution is 9.10. The molecule has 1 amide bonds. The summed E-state index contributed by atoms with van der Waals surface area (Å²) in [5.41, 5.74) is -0.00397. The van der Waals surface area contributed by atoms with E-state index < -0.39 is 5.54 Å². The molecule has 1 aromatic rings. The lowest BCUT2D eigenvalue weighted by atomic mass is 9.76. The van der Waals surface area contributed by atoms with Gasteiger partial charge in [-0.15, -0.1) is 0 Å². The highest BCUT2D eigenvalue weighted by atomic mass is 79.9. The van der Waals surface area contributed by atoms with E-state index >= 15 is 0 Å². The Hall–Kier alpha value is -0.940. The summed E-state index contributed by atoms with van der Waals surface area (Å²) in [5.74, 6) is 0.173. The van der Waals surface area contributed by atoms with Crippen molar-refractivity contribution in [2.75, 3.05) is 6.61 Å². The Bertz CT molecular complexity index is 475. The molecule has 1 atom stereocenters. The molecule has 0 saturated heterocycles. The number of hydrogen-bond acceptors (Lipinski definition) is 3. The molecule has 2 N–H and O–H groups in total. The van der Waals surface area contributed by atoms with Crippen molar-refractivity contribution in [1.29, 1.82) is 0 Å². The van der Waals surface area contributed by atoms with Crippen LogP contribution in [-0.2, 0) is 0 Å². The first kappa shape index (κ1) is 15.4. The Balaban J connectivity index is 2.13. The molecule has 0 spiro atoms. The fourth-order valence-corrected chi connectivity index (χ4v) is 3.33. The van der Waals surface area contributed by atoms with E-state index in [2.05, 4.69) is 26.2 Å². The van der Waals surface area contributed by atoms with Gasteiger partial charge in [-0.1, -0.05) is 19.3 Å². The van der Waals surface area contributed by atoms with Crippen LogP contribution in [0.5, 0.6) is 0 Å². The lowest BCUT2D eigenvalue weighted by molar-refractivity contribution is 0.0679. The van der Waals surface area contributed by atoms with Crippen LogP contribution >= 0.6 is 15.9 Å². The molecule has 5 heteroatoms. The molecule has 0 aromatic carbocycles. The van der Waals surface area contributed by atoms with Gasteiger partial charge in [-0.2, -0.15) is 0 Å². The van der Waals surface area contributed by atoms with Crippen molar-refractivity contribution >= 4 is 21.8 Å². The largest absolute Gasteiger partial charge is 0.394 e. The van der Waals surface area contributed by atoms with E-state index in [1.54, 1.807) is 18.5 Å². The van der Waals surface area contributed by atoms with E-state index in [1.165, 1.54) is 19.3 Å². The number of nitrogens with zero attached hydrogens (tertiary/aromatic N) is 1. The second-order valence-corrected chi connectivity index (χ2v) is 6.57. The van der Waals surface area contributed by atoms with Crippen LogP contribution in [-0.4, -0.2) is 28.1 Å². The number of aliphatic hydroxyl groups is 1. The molecule has 2 rings (SSSR count). The molecule has 1 heterocycles. The fourth-order valence-electron chi connectivity index (χ4n) is 2.90. The third-order valence-corrected chi connectivity index (χ3v) is 4.88. The molecule has 0 radical (unpaired) electrons. The first-order valence-corrected chi connectivity index (χ1v) is 7.89. The highest BCUT2D eigenvalue weighted by Gasteiger charge is 2.36. The van der Waals surface area contributed by atoms with Gasteiger partial charge in [-0.25, -0.2) is 0 Å². The summed E-state index contributed by atoms with van der Waals surface area (Å²) in [6.07, 6.45) is 8.93. The molecule has 0 aliphatic heterocycles. The van der Waals surface area contributed by atoms with E-state index in [4.69, 9.17) is 0 Å². The predicted molar refractivity (Wildman–Crippen MR) is 81.5 cm³/mol. The average Bonchev–Trinajstić information content (AvgIpc) is 2.48. The van der Waals surface area contributed by atoms with Crippen molar-refractivity contribution in [3.05, 3.63) is 28.5 Å². The smallest absolute Gasteiger partial charge is 0.253 e. The summed E-state index contributed by atoms with van der Waals surface area (Å²) in [4.78, 5) is 16.4. The molecule has 1 aliphatic rings. The van der Waals surface area contributed by atoms with Gasteiger partial charge in [0, 0.05) is 16.9 Å². The van der Waals surface area contributed by atoms with Crippen LogP contribution in [0.1, 0.15) is 49.4 Å². The average molecular weight is 341 g/mol. The quantitative estimate of drug-likeness (QED) is 0.885. The van der Waals surface area contributed by atoms with E-state index in [0.29, 0.717) is 16.0 Å². The molecule has 1 aliphatic carbocycles. The number of halogens is 1. The third kappa shape index (κ3) is 3.38. The van der Waals surface area contributed by atoms with Gasteiger partial charge in [0.1, 0.15) is 0 Å². The Kier molecular flexibility index (Phi) is 5.16. The molecule has 1 fully saturated rings. The molecular formula is C15H21BrN2O2. The number of rotatable bonds is 4. The monoisotopic (exact) mass is 340 g/mol. The van der Waals surface area contributed by atoms with Gasteiger partial charge >= 0.3 is 0 Å². The van der Waals surface area contributed by atoms with Gasteiger partial charge in [0.2, 0.25) is 0 Å². The Labute approximate surface area is 128 Å². The number of amides is 1. The van der Waals surface area contributed by atoms with E-state index in [-0.39, 0.29) is 12.5 Å². The molecule has 0 unspecified atom stereocenters. The number of nitrogens with one attached hydrogen (secondary N) is 1. The summed E-state index contributed by atoms with van der Waals surface area (Å²) in [5, 5.41) is 12.8. The minimum absolute atomic E-state index is 0.0356. The summed E-state index contributed by atoms with van der Waals surface area (Å²) < 4.78 is 0.668. The van der Waals surface area contributed by atoms with Gasteiger partial charge in [0.05, 0.1) is 17.7 Å². The first-order valence-electron chi connectivity index (χ1n) is 7.10. The van der Waals surface area contributed by atoms with Crippen molar-refractivity contribution in [3.8, 4) is 0 Å². The summed E-state index contributed by atoms with van der Waals surface area (Å²) in [6, 6.07) is 1.68. The van der Waals surface area contributed by atoms with Crippen molar-refractivity contribution in [3.63, 3.8) is 0 Å². The van der Waals surface area contributed by atoms with E-state index in [9.17, 15) is 9.90 Å². The second kappa shape index (κ2) is 6.68. The van der Waals surface area contributed by atoms with Crippen molar-refractivity contribution < 1.29 is 9.90 Å². The third-order valence-electron chi connectivity index (χ3n) is 4.25. The molecule has 110 valence electrons. The first-order chi connectivity index (χ1) is 9.57. The molecule has 4 nitrogen and oxygen atoms in total. The van der Waals surface area contributed by atoms with Gasteiger partial charge in [0.15, 0.2) is 0 Å². The molecular weight excluding hydrogens is 320 g/mol. The Morgan fingerprint density at radius 3 is 2.80 bits per heavy atom. The minimum atomic E-state index is -0.555. The number of aromatic nitrogens is 1. The zero-order valence-corrected chi connectivity index (χ0v) is 13.3. The van der Waals surface area contributed by atoms with Gasteiger partial charge in [-0.3, -0.25) is 9.78 Å². The molecule has 1 aromatic heterocycles.